The molecule has 0 spiro atoms. The van der Waals surface area contributed by atoms with Gasteiger partial charge >= 0.3 is 0 Å². The highest BCUT2D eigenvalue weighted by molar-refractivity contribution is 7.07. The number of hydrogen-bond acceptors (Lipinski definition) is 3. The fourth-order valence-corrected chi connectivity index (χ4v) is 4.34. The molecule has 0 aromatic carbocycles. The molecule has 2 fully saturated rings. The summed E-state index contributed by atoms with van der Waals surface area (Å²) in [7, 11) is 0. The minimum absolute atomic E-state index is 0.327. The summed E-state index contributed by atoms with van der Waals surface area (Å²) < 4.78 is 0. The van der Waals surface area contributed by atoms with Gasteiger partial charge in [-0.3, -0.25) is 4.90 Å². The lowest BCUT2D eigenvalue weighted by atomic mass is 9.80. The maximum Gasteiger partial charge on any atom is 0.0309 e. The second-order valence-electron chi connectivity index (χ2n) is 7.99. The monoisotopic (exact) mass is 292 g/mol. The molecule has 2 atom stereocenters. The largest absolute Gasteiger partial charge is 0.308 e. The number of nitrogens with one attached hydrogen (secondary N) is 1. The van der Waals surface area contributed by atoms with Gasteiger partial charge in [0.25, 0.3) is 0 Å². The molecule has 0 bridgehead atoms. The van der Waals surface area contributed by atoms with Crippen molar-refractivity contribution in [3.8, 4) is 0 Å². The zero-order valence-electron chi connectivity index (χ0n) is 13.3. The molecule has 2 aliphatic rings. The van der Waals surface area contributed by atoms with Gasteiger partial charge in [-0.25, -0.2) is 0 Å². The van der Waals surface area contributed by atoms with Crippen molar-refractivity contribution in [2.45, 2.75) is 58.7 Å². The van der Waals surface area contributed by atoms with Crippen LogP contribution in [-0.2, 0) is 6.54 Å². The first-order valence-electron chi connectivity index (χ1n) is 7.89. The van der Waals surface area contributed by atoms with Crippen molar-refractivity contribution in [2.75, 3.05) is 13.1 Å². The van der Waals surface area contributed by atoms with Crippen LogP contribution < -0.4 is 5.32 Å². The van der Waals surface area contributed by atoms with Crippen LogP contribution in [0.25, 0.3) is 0 Å². The second kappa shape index (κ2) is 5.11. The zero-order chi connectivity index (χ0) is 14.4. The maximum absolute atomic E-state index is 3.88. The van der Waals surface area contributed by atoms with E-state index in [0.29, 0.717) is 17.0 Å². The van der Waals surface area contributed by atoms with Gasteiger partial charge in [0.2, 0.25) is 0 Å². The van der Waals surface area contributed by atoms with Crippen LogP contribution in [0.15, 0.2) is 16.8 Å². The Morgan fingerprint density at radius 3 is 2.70 bits per heavy atom. The van der Waals surface area contributed by atoms with Crippen molar-refractivity contribution in [3.63, 3.8) is 0 Å². The molecule has 20 heavy (non-hydrogen) atoms. The molecular formula is C17H28N2S. The molecule has 2 nitrogen and oxygen atoms in total. The van der Waals surface area contributed by atoms with E-state index in [-0.39, 0.29) is 0 Å². The predicted molar refractivity (Wildman–Crippen MR) is 87.1 cm³/mol. The minimum Gasteiger partial charge on any atom is -0.308 e. The van der Waals surface area contributed by atoms with Gasteiger partial charge in [0.15, 0.2) is 0 Å². The predicted octanol–water partition coefficient (Wildman–Crippen LogP) is 3.74. The van der Waals surface area contributed by atoms with Crippen LogP contribution in [0.1, 0.15) is 46.1 Å². The molecule has 112 valence electrons. The summed E-state index contributed by atoms with van der Waals surface area (Å²) in [6, 6.07) is 2.90. The Labute approximate surface area is 127 Å². The molecule has 1 N–H and O–H groups in total. The van der Waals surface area contributed by atoms with Gasteiger partial charge in [0.05, 0.1) is 0 Å². The van der Waals surface area contributed by atoms with Crippen molar-refractivity contribution in [3.05, 3.63) is 22.4 Å². The lowest BCUT2D eigenvalue weighted by Crippen LogP contribution is -2.66. The third-order valence-electron chi connectivity index (χ3n) is 5.12. The Kier molecular flexibility index (Phi) is 3.72. The zero-order valence-corrected chi connectivity index (χ0v) is 14.1. The smallest absolute Gasteiger partial charge is 0.0309 e. The molecule has 3 rings (SSSR count). The summed E-state index contributed by atoms with van der Waals surface area (Å²) in [5.74, 6) is 0.897. The SMILES string of the molecule is CC(C)(C)C1CNC(C)(C2CC2)CN1Cc1ccsc1. The molecule has 1 aliphatic heterocycles. The van der Waals surface area contributed by atoms with E-state index in [9.17, 15) is 0 Å². The first-order chi connectivity index (χ1) is 9.38. The van der Waals surface area contributed by atoms with Crippen molar-refractivity contribution < 1.29 is 0 Å². The van der Waals surface area contributed by atoms with Crippen LogP contribution in [0.3, 0.4) is 0 Å². The average Bonchev–Trinajstić information content (AvgIpc) is 3.09. The number of piperazine rings is 1. The first kappa shape index (κ1) is 14.6. The highest BCUT2D eigenvalue weighted by atomic mass is 32.1. The minimum atomic E-state index is 0.327. The first-order valence-corrected chi connectivity index (χ1v) is 8.83. The van der Waals surface area contributed by atoms with E-state index in [4.69, 9.17) is 0 Å². The van der Waals surface area contributed by atoms with Gasteiger partial charge in [-0.1, -0.05) is 20.8 Å². The number of thiophene rings is 1. The van der Waals surface area contributed by atoms with Crippen molar-refractivity contribution in [2.24, 2.45) is 11.3 Å². The van der Waals surface area contributed by atoms with E-state index in [1.54, 1.807) is 0 Å². The lowest BCUT2D eigenvalue weighted by Gasteiger charge is -2.51. The fourth-order valence-electron chi connectivity index (χ4n) is 3.68. The van der Waals surface area contributed by atoms with Crippen molar-refractivity contribution >= 4 is 11.3 Å². The Morgan fingerprint density at radius 1 is 1.40 bits per heavy atom. The van der Waals surface area contributed by atoms with Gasteiger partial charge in [0, 0.05) is 31.2 Å². The highest BCUT2D eigenvalue weighted by Gasteiger charge is 2.47. The summed E-state index contributed by atoms with van der Waals surface area (Å²) in [6.45, 7) is 13.0. The van der Waals surface area contributed by atoms with Crippen LogP contribution in [0.2, 0.25) is 0 Å². The summed E-state index contributed by atoms with van der Waals surface area (Å²) in [4.78, 5) is 2.73. The molecule has 1 saturated carbocycles. The van der Waals surface area contributed by atoms with Crippen LogP contribution >= 0.6 is 11.3 Å². The number of nitrogens with zero attached hydrogens (tertiary/aromatic N) is 1. The van der Waals surface area contributed by atoms with Crippen molar-refractivity contribution in [1.29, 1.82) is 0 Å². The van der Waals surface area contributed by atoms with Gasteiger partial charge in [-0.05, 0) is 53.5 Å². The van der Waals surface area contributed by atoms with E-state index in [1.165, 1.54) is 24.9 Å². The average molecular weight is 292 g/mol. The van der Waals surface area contributed by atoms with E-state index < -0.39 is 0 Å². The number of rotatable bonds is 3. The van der Waals surface area contributed by atoms with Gasteiger partial charge < -0.3 is 5.32 Å². The molecule has 1 aliphatic carbocycles. The normalized spacial score (nSPS) is 32.5. The van der Waals surface area contributed by atoms with E-state index in [2.05, 4.69) is 54.7 Å². The van der Waals surface area contributed by atoms with Crippen LogP contribution in [0.5, 0.6) is 0 Å². The molecular weight excluding hydrogens is 264 g/mol. The Balaban J connectivity index is 1.78. The summed E-state index contributed by atoms with van der Waals surface area (Å²) in [5, 5.41) is 8.38. The van der Waals surface area contributed by atoms with Crippen LogP contribution in [0.4, 0.5) is 0 Å². The molecule has 1 saturated heterocycles. The highest BCUT2D eigenvalue weighted by Crippen LogP contribution is 2.43. The molecule has 0 amide bonds. The molecule has 0 radical (unpaired) electrons. The maximum atomic E-state index is 3.88. The Bertz CT molecular complexity index is 444. The third-order valence-corrected chi connectivity index (χ3v) is 5.85. The van der Waals surface area contributed by atoms with Gasteiger partial charge in [0.1, 0.15) is 0 Å². The lowest BCUT2D eigenvalue weighted by molar-refractivity contribution is 0.0146. The molecule has 2 heterocycles. The molecule has 2 unspecified atom stereocenters. The molecule has 3 heteroatoms. The summed E-state index contributed by atoms with van der Waals surface area (Å²) in [5.41, 5.74) is 2.13. The van der Waals surface area contributed by atoms with Crippen molar-refractivity contribution in [1.82, 2.24) is 10.2 Å². The quantitative estimate of drug-likeness (QED) is 0.913. The fraction of sp³-hybridized carbons (Fsp3) is 0.765. The van der Waals surface area contributed by atoms with E-state index in [1.807, 2.05) is 11.3 Å². The second-order valence-corrected chi connectivity index (χ2v) is 8.77. The van der Waals surface area contributed by atoms with Crippen LogP contribution in [-0.4, -0.2) is 29.6 Å². The summed E-state index contributed by atoms with van der Waals surface area (Å²) in [6.07, 6.45) is 2.83. The third kappa shape index (κ3) is 2.95. The van der Waals surface area contributed by atoms with Crippen LogP contribution in [0, 0.1) is 11.3 Å². The molecule has 1 aromatic heterocycles. The van der Waals surface area contributed by atoms with E-state index >= 15 is 0 Å². The topological polar surface area (TPSA) is 15.3 Å². The summed E-state index contributed by atoms with van der Waals surface area (Å²) >= 11 is 1.81. The Hall–Kier alpha value is -0.380. The standard InChI is InChI=1S/C17H28N2S/c1-16(2,3)15-9-18-17(4,14-5-6-14)12-19(15)10-13-7-8-20-11-13/h7-8,11,14-15,18H,5-6,9-10,12H2,1-4H3. The Morgan fingerprint density at radius 2 is 2.15 bits per heavy atom. The van der Waals surface area contributed by atoms with Gasteiger partial charge in [-0.15, -0.1) is 0 Å². The van der Waals surface area contributed by atoms with Gasteiger partial charge in [-0.2, -0.15) is 11.3 Å². The molecule has 1 aromatic rings. The van der Waals surface area contributed by atoms with E-state index in [0.717, 1.165) is 19.0 Å². The number of hydrogen-bond donors (Lipinski definition) is 1.